The molecule has 0 aromatic carbocycles. The average Bonchev–Trinajstić information content (AvgIpc) is 2.67. The van der Waals surface area contributed by atoms with E-state index in [-0.39, 0.29) is 22.2 Å². The summed E-state index contributed by atoms with van der Waals surface area (Å²) in [7, 11) is -3.89. The summed E-state index contributed by atoms with van der Waals surface area (Å²) >= 11 is 0. The molecule has 0 saturated carbocycles. The van der Waals surface area contributed by atoms with Crippen LogP contribution in [0.5, 0.6) is 0 Å². The molecular weight excluding hydrogens is 436 g/mol. The first-order valence-corrected chi connectivity index (χ1v) is 17.9. The van der Waals surface area contributed by atoms with Crippen LogP contribution in [0.2, 0.25) is 37.3 Å². The van der Waals surface area contributed by atoms with Crippen LogP contribution in [0, 0.1) is 0 Å². The van der Waals surface area contributed by atoms with Crippen molar-refractivity contribution in [3.63, 3.8) is 0 Å². The lowest BCUT2D eigenvalue weighted by molar-refractivity contribution is -0.139. The predicted molar refractivity (Wildman–Crippen MR) is 139 cm³/mol. The summed E-state index contributed by atoms with van der Waals surface area (Å²) in [5.74, 6) is -0.640. The van der Waals surface area contributed by atoms with E-state index in [1.54, 1.807) is 13.8 Å². The quantitative estimate of drug-likeness (QED) is 0.110. The third-order valence-corrected chi connectivity index (χ3v) is 16.9. The molecule has 0 aromatic heterocycles. The van der Waals surface area contributed by atoms with E-state index in [1.807, 2.05) is 0 Å². The molecule has 0 fully saturated rings. The summed E-state index contributed by atoms with van der Waals surface area (Å²) in [6.07, 6.45) is 3.55. The minimum atomic E-state index is -2.10. The maximum atomic E-state index is 11.6. The zero-order valence-corrected chi connectivity index (χ0v) is 24.4. The van der Waals surface area contributed by atoms with Gasteiger partial charge in [0.25, 0.3) is 0 Å². The Morgan fingerprint density at radius 1 is 0.844 bits per heavy atom. The van der Waals surface area contributed by atoms with E-state index in [0.29, 0.717) is 24.4 Å². The van der Waals surface area contributed by atoms with Crippen molar-refractivity contribution in [1.82, 2.24) is 0 Å². The van der Waals surface area contributed by atoms with Crippen molar-refractivity contribution in [2.45, 2.75) is 110 Å². The third-order valence-electron chi connectivity index (χ3n) is 7.27. The summed E-state index contributed by atoms with van der Waals surface area (Å²) in [6.45, 7) is 29.8. The Hall–Kier alpha value is -1.19. The van der Waals surface area contributed by atoms with E-state index < -0.39 is 16.4 Å². The first-order chi connectivity index (χ1) is 14.4. The van der Waals surface area contributed by atoms with Gasteiger partial charge in [-0.15, -0.1) is 0 Å². The molecule has 0 heterocycles. The van der Waals surface area contributed by atoms with Gasteiger partial charge in [-0.25, -0.2) is 9.59 Å². The zero-order valence-electron chi connectivity index (χ0n) is 22.4. The highest BCUT2D eigenvalue weighted by atomic mass is 28.4. The molecule has 1 atom stereocenters. The van der Waals surface area contributed by atoms with Gasteiger partial charge in [-0.3, -0.25) is 0 Å². The molecule has 0 rings (SSSR count). The van der Waals surface area contributed by atoms with E-state index in [9.17, 15) is 9.59 Å². The first-order valence-electron chi connectivity index (χ1n) is 11.8. The largest absolute Gasteiger partial charge is 0.462 e. The summed E-state index contributed by atoms with van der Waals surface area (Å²) in [5, 5.41) is -0.134. The van der Waals surface area contributed by atoms with Crippen molar-refractivity contribution in [2.75, 3.05) is 13.2 Å². The number of esters is 2. The summed E-state index contributed by atoms with van der Waals surface area (Å²) in [5.41, 5.74) is 0.871. The molecule has 5 nitrogen and oxygen atoms in total. The van der Waals surface area contributed by atoms with Crippen molar-refractivity contribution < 1.29 is 23.5 Å². The van der Waals surface area contributed by atoms with Crippen molar-refractivity contribution in [3.8, 4) is 0 Å². The topological polar surface area (TPSA) is 61.8 Å². The van der Waals surface area contributed by atoms with Crippen molar-refractivity contribution in [1.29, 1.82) is 0 Å². The average molecular weight is 485 g/mol. The van der Waals surface area contributed by atoms with Gasteiger partial charge in [0, 0.05) is 16.4 Å². The minimum absolute atomic E-state index is 0.0283. The van der Waals surface area contributed by atoms with Crippen LogP contribution in [0.4, 0.5) is 0 Å². The Kier molecular flexibility index (Phi) is 11.9. The molecule has 0 bridgehead atoms. The van der Waals surface area contributed by atoms with Crippen molar-refractivity contribution in [2.24, 2.45) is 0 Å². The van der Waals surface area contributed by atoms with Gasteiger partial charge >= 0.3 is 11.9 Å². The highest BCUT2D eigenvalue weighted by Crippen LogP contribution is 2.46. The van der Waals surface area contributed by atoms with E-state index in [1.165, 1.54) is 0 Å². The van der Waals surface area contributed by atoms with E-state index in [4.69, 9.17) is 13.9 Å². The molecule has 0 amide bonds. The molecule has 0 radical (unpaired) electrons. The minimum Gasteiger partial charge on any atom is -0.462 e. The van der Waals surface area contributed by atoms with Gasteiger partial charge in [0.15, 0.2) is 8.32 Å². The highest BCUT2D eigenvalue weighted by Gasteiger charge is 2.50. The molecule has 0 N–H and O–H groups in total. The van der Waals surface area contributed by atoms with E-state index in [2.05, 4.69) is 67.0 Å². The van der Waals surface area contributed by atoms with Crippen LogP contribution >= 0.6 is 0 Å². The predicted octanol–water partition coefficient (Wildman–Crippen LogP) is 6.81. The maximum absolute atomic E-state index is 11.6. The van der Waals surface area contributed by atoms with Crippen LogP contribution in [0.3, 0.4) is 0 Å². The molecule has 32 heavy (non-hydrogen) atoms. The SMILES string of the molecule is C=C(C)C(=O)OCCCC(C)(C)[Si](C)(C)OC(C)(CC)[Si](C)(C)CCCOC(=O)C(=C)C. The number of carbonyl (C=O) groups is 2. The Bertz CT molecular complexity index is 682. The molecule has 1 unspecified atom stereocenters. The molecule has 0 aliphatic rings. The molecule has 0 aromatic rings. The lowest BCUT2D eigenvalue weighted by Crippen LogP contribution is -2.60. The van der Waals surface area contributed by atoms with Crippen LogP contribution in [0.25, 0.3) is 0 Å². The Morgan fingerprint density at radius 3 is 1.69 bits per heavy atom. The van der Waals surface area contributed by atoms with Crippen LogP contribution in [0.1, 0.15) is 67.2 Å². The second kappa shape index (κ2) is 12.3. The van der Waals surface area contributed by atoms with Gasteiger partial charge in [0.05, 0.1) is 21.3 Å². The Balaban J connectivity index is 5.06. The van der Waals surface area contributed by atoms with Gasteiger partial charge in [-0.2, -0.15) is 0 Å². The van der Waals surface area contributed by atoms with Gasteiger partial charge in [-0.1, -0.05) is 53.1 Å². The zero-order chi connectivity index (χ0) is 25.4. The second-order valence-corrected chi connectivity index (χ2v) is 20.9. The lowest BCUT2D eigenvalue weighted by atomic mass is 10.1. The normalized spacial score (nSPS) is 14.4. The molecule has 186 valence electrons. The number of ether oxygens (including phenoxy) is 2. The molecule has 0 aliphatic carbocycles. The van der Waals surface area contributed by atoms with E-state index >= 15 is 0 Å². The molecular formula is C25H48O5Si2. The Morgan fingerprint density at radius 2 is 1.28 bits per heavy atom. The first kappa shape index (κ1) is 30.8. The van der Waals surface area contributed by atoms with Crippen molar-refractivity contribution in [3.05, 3.63) is 24.3 Å². The number of carbonyl (C=O) groups excluding carboxylic acids is 2. The lowest BCUT2D eigenvalue weighted by Gasteiger charge is -2.51. The monoisotopic (exact) mass is 484 g/mol. The fourth-order valence-electron chi connectivity index (χ4n) is 3.56. The molecule has 0 saturated heterocycles. The number of hydrogen-bond donors (Lipinski definition) is 0. The third kappa shape index (κ3) is 8.98. The van der Waals surface area contributed by atoms with Gasteiger partial charge < -0.3 is 13.9 Å². The molecule has 0 aliphatic heterocycles. The summed E-state index contributed by atoms with van der Waals surface area (Å²) in [6, 6.07) is 1.03. The van der Waals surface area contributed by atoms with Crippen LogP contribution in [-0.2, 0) is 23.5 Å². The number of hydrogen-bond acceptors (Lipinski definition) is 5. The standard InChI is InChI=1S/C25H48O5Si2/c1-13-25(8,31(9,10)19-15-18-29-23(27)21(4)5)30-32(11,12)24(6,7)16-14-17-28-22(26)20(2)3/h2,4,13-19H2,1,3,5-12H3. The maximum Gasteiger partial charge on any atom is 0.333 e. The fourth-order valence-corrected chi connectivity index (χ4v) is 10.3. The van der Waals surface area contributed by atoms with Crippen LogP contribution in [-0.4, -0.2) is 46.8 Å². The molecule has 0 spiro atoms. The summed E-state index contributed by atoms with van der Waals surface area (Å²) in [4.78, 5) is 23.3. The molecule has 7 heteroatoms. The summed E-state index contributed by atoms with van der Waals surface area (Å²) < 4.78 is 17.7. The van der Waals surface area contributed by atoms with Crippen molar-refractivity contribution >= 4 is 28.3 Å². The van der Waals surface area contributed by atoms with Gasteiger partial charge in [0.1, 0.15) is 0 Å². The Labute approximate surface area is 199 Å². The fraction of sp³-hybridized carbons (Fsp3) is 0.760. The van der Waals surface area contributed by atoms with E-state index in [0.717, 1.165) is 31.7 Å². The smallest absolute Gasteiger partial charge is 0.333 e. The highest BCUT2D eigenvalue weighted by molar-refractivity contribution is 6.82. The van der Waals surface area contributed by atoms with Crippen LogP contribution < -0.4 is 0 Å². The van der Waals surface area contributed by atoms with Gasteiger partial charge in [-0.05, 0) is 64.6 Å². The van der Waals surface area contributed by atoms with Crippen LogP contribution in [0.15, 0.2) is 24.3 Å². The van der Waals surface area contributed by atoms with Gasteiger partial charge in [0.2, 0.25) is 0 Å². The number of rotatable bonds is 15. The second-order valence-electron chi connectivity index (χ2n) is 11.0.